The van der Waals surface area contributed by atoms with Crippen LogP contribution in [0.1, 0.15) is 19.8 Å². The second-order valence-corrected chi connectivity index (χ2v) is 5.19. The first-order valence-electron chi connectivity index (χ1n) is 5.70. The van der Waals surface area contributed by atoms with Gasteiger partial charge in [-0.25, -0.2) is 14.0 Å². The number of alkyl halides is 1. The van der Waals surface area contributed by atoms with E-state index in [1.54, 1.807) is 6.92 Å². The standard InChI is InChI=1S/C12H13FO4/c1-5(2)10(14)16-8-6-3-7-9(8)17-11(15)12(7,13)4-6/h6-9H,1,3-4H2,2H3. The Morgan fingerprint density at radius 2 is 2.35 bits per heavy atom. The largest absolute Gasteiger partial charge is 0.456 e. The first-order chi connectivity index (χ1) is 7.93. The summed E-state index contributed by atoms with van der Waals surface area (Å²) >= 11 is 0. The van der Waals surface area contributed by atoms with Crippen LogP contribution < -0.4 is 0 Å². The lowest BCUT2D eigenvalue weighted by Crippen LogP contribution is -2.41. The molecule has 4 nitrogen and oxygen atoms in total. The molecule has 92 valence electrons. The number of fused-ring (bicyclic) bond motifs is 1. The minimum Gasteiger partial charge on any atom is -0.456 e. The Morgan fingerprint density at radius 3 is 3.00 bits per heavy atom. The first-order valence-corrected chi connectivity index (χ1v) is 5.70. The zero-order valence-corrected chi connectivity index (χ0v) is 9.44. The van der Waals surface area contributed by atoms with Gasteiger partial charge < -0.3 is 9.47 Å². The van der Waals surface area contributed by atoms with Crippen molar-refractivity contribution < 1.29 is 23.5 Å². The smallest absolute Gasteiger partial charge is 0.344 e. The molecule has 0 aromatic rings. The minimum atomic E-state index is -1.83. The number of rotatable bonds is 2. The molecule has 5 heteroatoms. The van der Waals surface area contributed by atoms with Gasteiger partial charge in [-0.05, 0) is 19.8 Å². The Bertz CT molecular complexity index is 432. The maximum Gasteiger partial charge on any atom is 0.344 e. The summed E-state index contributed by atoms with van der Waals surface area (Å²) in [5, 5.41) is 0. The van der Waals surface area contributed by atoms with Gasteiger partial charge in [0.05, 0.1) is 0 Å². The van der Waals surface area contributed by atoms with Crippen molar-refractivity contribution in [2.75, 3.05) is 0 Å². The fourth-order valence-corrected chi connectivity index (χ4v) is 3.26. The molecule has 5 unspecified atom stereocenters. The van der Waals surface area contributed by atoms with E-state index in [9.17, 15) is 14.0 Å². The number of esters is 2. The van der Waals surface area contributed by atoms with Crippen LogP contribution in [0.3, 0.4) is 0 Å². The van der Waals surface area contributed by atoms with Crippen molar-refractivity contribution in [2.24, 2.45) is 11.8 Å². The van der Waals surface area contributed by atoms with Gasteiger partial charge in [0.25, 0.3) is 0 Å². The first kappa shape index (κ1) is 10.7. The van der Waals surface area contributed by atoms with Gasteiger partial charge in [0, 0.05) is 17.4 Å². The van der Waals surface area contributed by atoms with Gasteiger partial charge in [-0.1, -0.05) is 6.58 Å². The summed E-state index contributed by atoms with van der Waals surface area (Å²) in [7, 11) is 0. The molecule has 3 aliphatic rings. The molecule has 5 atom stereocenters. The highest BCUT2D eigenvalue weighted by Crippen LogP contribution is 2.59. The second-order valence-electron chi connectivity index (χ2n) is 5.19. The molecule has 0 amide bonds. The highest BCUT2D eigenvalue weighted by Gasteiger charge is 2.72. The molecule has 3 rings (SSSR count). The minimum absolute atomic E-state index is 0.107. The van der Waals surface area contributed by atoms with Crippen molar-refractivity contribution in [2.45, 2.75) is 37.6 Å². The number of hydrogen-bond donors (Lipinski definition) is 0. The predicted molar refractivity (Wildman–Crippen MR) is 54.6 cm³/mol. The van der Waals surface area contributed by atoms with E-state index in [-0.39, 0.29) is 12.3 Å². The van der Waals surface area contributed by atoms with E-state index in [1.165, 1.54) is 0 Å². The highest BCUT2D eigenvalue weighted by molar-refractivity contribution is 5.88. The van der Waals surface area contributed by atoms with E-state index in [4.69, 9.17) is 9.47 Å². The van der Waals surface area contributed by atoms with Crippen LogP contribution in [-0.4, -0.2) is 29.8 Å². The van der Waals surface area contributed by atoms with E-state index in [0.29, 0.717) is 12.0 Å². The number of ether oxygens (including phenoxy) is 2. The molecule has 3 fully saturated rings. The fourth-order valence-electron chi connectivity index (χ4n) is 3.26. The molecule has 1 aliphatic heterocycles. The molecule has 1 heterocycles. The van der Waals surface area contributed by atoms with Crippen molar-refractivity contribution in [1.82, 2.24) is 0 Å². The number of carbonyl (C=O) groups is 2. The fraction of sp³-hybridized carbons (Fsp3) is 0.667. The van der Waals surface area contributed by atoms with Crippen molar-refractivity contribution in [1.29, 1.82) is 0 Å². The number of hydrogen-bond acceptors (Lipinski definition) is 4. The lowest BCUT2D eigenvalue weighted by atomic mass is 9.85. The van der Waals surface area contributed by atoms with Crippen molar-refractivity contribution in [3.05, 3.63) is 12.2 Å². The lowest BCUT2D eigenvalue weighted by Gasteiger charge is -2.27. The van der Waals surface area contributed by atoms with Gasteiger partial charge in [0.15, 0.2) is 0 Å². The summed E-state index contributed by atoms with van der Waals surface area (Å²) in [6.07, 6.45) is -0.434. The molecule has 2 aliphatic carbocycles. The molecule has 0 spiro atoms. The summed E-state index contributed by atoms with van der Waals surface area (Å²) in [6, 6.07) is 0. The molecule has 2 saturated carbocycles. The predicted octanol–water partition coefficient (Wildman–Crippen LogP) is 1.15. The van der Waals surface area contributed by atoms with Crippen LogP contribution in [-0.2, 0) is 19.1 Å². The van der Waals surface area contributed by atoms with Crippen molar-refractivity contribution in [3.8, 4) is 0 Å². The Balaban J connectivity index is 1.82. The monoisotopic (exact) mass is 240 g/mol. The topological polar surface area (TPSA) is 52.6 Å². The van der Waals surface area contributed by atoms with E-state index >= 15 is 0 Å². The summed E-state index contributed by atoms with van der Waals surface area (Å²) in [6.45, 7) is 5.04. The van der Waals surface area contributed by atoms with Gasteiger partial charge >= 0.3 is 11.9 Å². The van der Waals surface area contributed by atoms with E-state index in [0.717, 1.165) is 0 Å². The van der Waals surface area contributed by atoms with Crippen LogP contribution in [0.2, 0.25) is 0 Å². The quantitative estimate of drug-likeness (QED) is 0.536. The average Bonchev–Trinajstić information content (AvgIpc) is 2.79. The molecule has 0 aromatic heterocycles. The van der Waals surface area contributed by atoms with Crippen LogP contribution in [0.4, 0.5) is 4.39 Å². The van der Waals surface area contributed by atoms with E-state index in [2.05, 4.69) is 6.58 Å². The lowest BCUT2D eigenvalue weighted by molar-refractivity contribution is -0.158. The van der Waals surface area contributed by atoms with Gasteiger partial charge in [-0.3, -0.25) is 0 Å². The van der Waals surface area contributed by atoms with Gasteiger partial charge in [0.2, 0.25) is 5.67 Å². The van der Waals surface area contributed by atoms with E-state index in [1.807, 2.05) is 0 Å². The van der Waals surface area contributed by atoms with Gasteiger partial charge in [0.1, 0.15) is 12.2 Å². The third kappa shape index (κ3) is 1.22. The molecular formula is C12H13FO4. The van der Waals surface area contributed by atoms with Crippen molar-refractivity contribution in [3.63, 3.8) is 0 Å². The Morgan fingerprint density at radius 1 is 1.65 bits per heavy atom. The molecule has 2 bridgehead atoms. The van der Waals surface area contributed by atoms with Crippen LogP contribution in [0.5, 0.6) is 0 Å². The van der Waals surface area contributed by atoms with Crippen LogP contribution in [0.15, 0.2) is 12.2 Å². The molecular weight excluding hydrogens is 227 g/mol. The summed E-state index contributed by atoms with van der Waals surface area (Å²) in [5.41, 5.74) is -1.54. The molecule has 0 radical (unpaired) electrons. The van der Waals surface area contributed by atoms with Crippen molar-refractivity contribution >= 4 is 11.9 Å². The summed E-state index contributed by atoms with van der Waals surface area (Å²) < 4.78 is 24.5. The molecule has 0 aromatic carbocycles. The highest BCUT2D eigenvalue weighted by atomic mass is 19.1. The maximum atomic E-state index is 14.2. The molecule has 1 saturated heterocycles. The number of halogens is 1. The second kappa shape index (κ2) is 3.09. The van der Waals surface area contributed by atoms with Crippen LogP contribution >= 0.6 is 0 Å². The Hall–Kier alpha value is -1.39. The third-order valence-corrected chi connectivity index (χ3v) is 4.06. The van der Waals surface area contributed by atoms with Gasteiger partial charge in [-0.15, -0.1) is 0 Å². The summed E-state index contributed by atoms with van der Waals surface area (Å²) in [5.74, 6) is -1.84. The van der Waals surface area contributed by atoms with E-state index < -0.39 is 35.7 Å². The molecule has 17 heavy (non-hydrogen) atoms. The number of carbonyl (C=O) groups excluding carboxylic acids is 2. The Kier molecular flexibility index (Phi) is 1.95. The summed E-state index contributed by atoms with van der Waals surface area (Å²) in [4.78, 5) is 22.9. The maximum absolute atomic E-state index is 14.2. The zero-order chi connectivity index (χ0) is 12.4. The van der Waals surface area contributed by atoms with Gasteiger partial charge in [-0.2, -0.15) is 0 Å². The average molecular weight is 240 g/mol. The molecule has 0 N–H and O–H groups in total. The SMILES string of the molecule is C=C(C)C(=O)OC1C2CC3C1OC(=O)C3(F)C2. The normalized spacial score (nSPS) is 45.9. The van der Waals surface area contributed by atoms with Crippen LogP contribution in [0.25, 0.3) is 0 Å². The zero-order valence-electron chi connectivity index (χ0n) is 9.44. The van der Waals surface area contributed by atoms with Crippen LogP contribution in [0, 0.1) is 11.8 Å². The Labute approximate surface area is 97.8 Å². The third-order valence-electron chi connectivity index (χ3n) is 4.06.